The highest BCUT2D eigenvalue weighted by Crippen LogP contribution is 2.21. The molecule has 0 fully saturated rings. The molecular weight excluding hydrogens is 166 g/mol. The summed E-state index contributed by atoms with van der Waals surface area (Å²) in [5, 5.41) is 8.65. The molecule has 0 spiro atoms. The fraction of sp³-hybridized carbons (Fsp3) is 0.300. The Kier molecular flexibility index (Phi) is 2.90. The van der Waals surface area contributed by atoms with Crippen LogP contribution in [0.2, 0.25) is 0 Å². The summed E-state index contributed by atoms with van der Waals surface area (Å²) in [5.41, 5.74) is 1.78. The van der Waals surface area contributed by atoms with Gasteiger partial charge in [-0.05, 0) is 23.1 Å². The van der Waals surface area contributed by atoms with Crippen LogP contribution in [0, 0.1) is 5.92 Å². The molecule has 0 saturated carbocycles. The lowest BCUT2D eigenvalue weighted by atomic mass is 9.97. The highest BCUT2D eigenvalue weighted by atomic mass is 16.4. The van der Waals surface area contributed by atoms with Gasteiger partial charge in [0.1, 0.15) is 0 Å². The second-order valence-electron chi connectivity index (χ2n) is 3.19. The molecule has 0 amide bonds. The maximum Gasteiger partial charge on any atom is 0.328 e. The summed E-state index contributed by atoms with van der Waals surface area (Å²) in [6.07, 6.45) is 4.84. The summed E-state index contributed by atoms with van der Waals surface area (Å²) in [6, 6.07) is 1.87. The van der Waals surface area contributed by atoms with E-state index < -0.39 is 5.97 Å². The largest absolute Gasteiger partial charge is 0.478 e. The van der Waals surface area contributed by atoms with Crippen LogP contribution < -0.4 is 0 Å². The van der Waals surface area contributed by atoms with Gasteiger partial charge in [-0.1, -0.05) is 13.8 Å². The molecule has 0 aromatic carbocycles. The van der Waals surface area contributed by atoms with Gasteiger partial charge in [0.2, 0.25) is 0 Å². The topological polar surface area (TPSA) is 53.1 Å². The molecule has 0 unspecified atom stereocenters. The lowest BCUT2D eigenvalue weighted by Gasteiger charge is -2.07. The molecule has 2 N–H and O–H groups in total. The van der Waals surface area contributed by atoms with E-state index in [1.807, 2.05) is 19.9 Å². The standard InChI is InChI=1S/C10H13NO2/c1-7(2)9(5-10(12)13)8-3-4-11-6-8/h3-7,11H,1-2H3,(H,12,13)/b9-5+. The van der Waals surface area contributed by atoms with Gasteiger partial charge in [0, 0.05) is 18.5 Å². The number of hydrogen-bond acceptors (Lipinski definition) is 1. The number of aromatic amines is 1. The van der Waals surface area contributed by atoms with Crippen molar-refractivity contribution in [2.45, 2.75) is 13.8 Å². The molecule has 0 aliphatic heterocycles. The zero-order chi connectivity index (χ0) is 9.84. The first-order valence-electron chi connectivity index (χ1n) is 4.19. The summed E-state index contributed by atoms with van der Waals surface area (Å²) in [6.45, 7) is 3.95. The first-order valence-corrected chi connectivity index (χ1v) is 4.19. The number of H-pyrrole nitrogens is 1. The van der Waals surface area contributed by atoms with E-state index in [1.165, 1.54) is 6.08 Å². The number of nitrogens with one attached hydrogen (secondary N) is 1. The van der Waals surface area contributed by atoms with Gasteiger partial charge in [0.15, 0.2) is 0 Å². The molecule has 0 saturated heterocycles. The number of carboxylic acid groups (broad SMARTS) is 1. The Morgan fingerprint density at radius 1 is 1.62 bits per heavy atom. The van der Waals surface area contributed by atoms with Gasteiger partial charge in [-0.3, -0.25) is 0 Å². The molecule has 0 aliphatic rings. The van der Waals surface area contributed by atoms with Crippen LogP contribution >= 0.6 is 0 Å². The normalized spacial score (nSPS) is 12.1. The Balaban J connectivity index is 3.00. The summed E-state index contributed by atoms with van der Waals surface area (Å²) >= 11 is 0. The highest BCUT2D eigenvalue weighted by molar-refractivity contribution is 5.90. The second kappa shape index (κ2) is 3.94. The predicted molar refractivity (Wildman–Crippen MR) is 51.2 cm³/mol. The van der Waals surface area contributed by atoms with Crippen molar-refractivity contribution in [3.63, 3.8) is 0 Å². The number of allylic oxidation sites excluding steroid dienone is 1. The van der Waals surface area contributed by atoms with E-state index in [4.69, 9.17) is 5.11 Å². The minimum absolute atomic E-state index is 0.215. The summed E-state index contributed by atoms with van der Waals surface area (Å²) in [7, 11) is 0. The number of aliphatic carboxylic acids is 1. The van der Waals surface area contributed by atoms with Gasteiger partial charge >= 0.3 is 5.97 Å². The predicted octanol–water partition coefficient (Wildman–Crippen LogP) is 2.14. The van der Waals surface area contributed by atoms with Crippen LogP contribution in [0.1, 0.15) is 19.4 Å². The third kappa shape index (κ3) is 2.47. The molecule has 1 aromatic rings. The first kappa shape index (κ1) is 9.58. The maximum absolute atomic E-state index is 10.5. The van der Waals surface area contributed by atoms with Crippen molar-refractivity contribution in [3.05, 3.63) is 30.1 Å². The van der Waals surface area contributed by atoms with Crippen LogP contribution in [0.5, 0.6) is 0 Å². The van der Waals surface area contributed by atoms with Gasteiger partial charge in [-0.25, -0.2) is 4.79 Å². The lowest BCUT2D eigenvalue weighted by molar-refractivity contribution is -0.131. The summed E-state index contributed by atoms with van der Waals surface area (Å²) < 4.78 is 0. The fourth-order valence-corrected chi connectivity index (χ4v) is 1.22. The van der Waals surface area contributed by atoms with Crippen molar-refractivity contribution >= 4 is 11.5 Å². The van der Waals surface area contributed by atoms with E-state index in [0.717, 1.165) is 11.1 Å². The van der Waals surface area contributed by atoms with Gasteiger partial charge in [-0.15, -0.1) is 0 Å². The van der Waals surface area contributed by atoms with Gasteiger partial charge in [-0.2, -0.15) is 0 Å². The average Bonchev–Trinajstić information content (AvgIpc) is 2.50. The Morgan fingerprint density at radius 2 is 2.31 bits per heavy atom. The molecular formula is C10H13NO2. The Morgan fingerprint density at radius 3 is 2.69 bits per heavy atom. The minimum atomic E-state index is -0.898. The summed E-state index contributed by atoms with van der Waals surface area (Å²) in [4.78, 5) is 13.4. The third-order valence-electron chi connectivity index (χ3n) is 1.83. The number of carboxylic acids is 1. The Bertz CT molecular complexity index is 310. The molecule has 70 valence electrons. The van der Waals surface area contributed by atoms with Crippen molar-refractivity contribution in [2.24, 2.45) is 5.92 Å². The van der Waals surface area contributed by atoms with Crippen LogP contribution in [-0.2, 0) is 4.79 Å². The van der Waals surface area contributed by atoms with Crippen molar-refractivity contribution in [2.75, 3.05) is 0 Å². The highest BCUT2D eigenvalue weighted by Gasteiger charge is 2.08. The molecule has 0 aliphatic carbocycles. The van der Waals surface area contributed by atoms with E-state index in [0.29, 0.717) is 0 Å². The monoisotopic (exact) mass is 179 g/mol. The van der Waals surface area contributed by atoms with Crippen molar-refractivity contribution in [3.8, 4) is 0 Å². The average molecular weight is 179 g/mol. The number of carbonyl (C=O) groups is 1. The van der Waals surface area contributed by atoms with Crippen LogP contribution in [0.25, 0.3) is 5.57 Å². The molecule has 1 rings (SSSR count). The molecule has 0 radical (unpaired) electrons. The van der Waals surface area contributed by atoms with Crippen molar-refractivity contribution in [1.82, 2.24) is 4.98 Å². The van der Waals surface area contributed by atoms with Crippen LogP contribution in [0.3, 0.4) is 0 Å². The van der Waals surface area contributed by atoms with Crippen LogP contribution in [0.4, 0.5) is 0 Å². The van der Waals surface area contributed by atoms with Gasteiger partial charge < -0.3 is 10.1 Å². The van der Waals surface area contributed by atoms with Crippen molar-refractivity contribution < 1.29 is 9.90 Å². The van der Waals surface area contributed by atoms with Gasteiger partial charge in [0.25, 0.3) is 0 Å². The maximum atomic E-state index is 10.5. The Labute approximate surface area is 77.1 Å². The molecule has 3 heteroatoms. The van der Waals surface area contributed by atoms with Crippen LogP contribution in [0.15, 0.2) is 24.5 Å². The number of aromatic nitrogens is 1. The molecule has 0 atom stereocenters. The molecule has 0 bridgehead atoms. The fourth-order valence-electron chi connectivity index (χ4n) is 1.22. The zero-order valence-electron chi connectivity index (χ0n) is 7.74. The molecule has 1 aromatic heterocycles. The van der Waals surface area contributed by atoms with Crippen LogP contribution in [-0.4, -0.2) is 16.1 Å². The van der Waals surface area contributed by atoms with Crippen molar-refractivity contribution in [1.29, 1.82) is 0 Å². The molecule has 1 heterocycles. The number of hydrogen-bond donors (Lipinski definition) is 2. The van der Waals surface area contributed by atoms with E-state index in [-0.39, 0.29) is 5.92 Å². The molecule has 3 nitrogen and oxygen atoms in total. The van der Waals surface area contributed by atoms with E-state index in [2.05, 4.69) is 4.98 Å². The third-order valence-corrected chi connectivity index (χ3v) is 1.83. The zero-order valence-corrected chi connectivity index (χ0v) is 7.74. The van der Waals surface area contributed by atoms with E-state index >= 15 is 0 Å². The number of rotatable bonds is 3. The molecule has 13 heavy (non-hydrogen) atoms. The SMILES string of the molecule is CC(C)/C(=C\C(=O)O)c1cc[nH]c1. The second-order valence-corrected chi connectivity index (χ2v) is 3.19. The first-order chi connectivity index (χ1) is 6.11. The Hall–Kier alpha value is -1.51. The van der Waals surface area contributed by atoms with Gasteiger partial charge in [0.05, 0.1) is 0 Å². The van der Waals surface area contributed by atoms with E-state index in [9.17, 15) is 4.79 Å². The minimum Gasteiger partial charge on any atom is -0.478 e. The summed E-state index contributed by atoms with van der Waals surface area (Å²) in [5.74, 6) is -0.684. The van der Waals surface area contributed by atoms with E-state index in [1.54, 1.807) is 12.4 Å². The smallest absolute Gasteiger partial charge is 0.328 e. The lowest BCUT2D eigenvalue weighted by Crippen LogP contribution is -1.97. The quantitative estimate of drug-likeness (QED) is 0.698.